The van der Waals surface area contributed by atoms with E-state index in [1.54, 1.807) is 19.2 Å². The van der Waals surface area contributed by atoms with Crippen LogP contribution in [0.1, 0.15) is 32.1 Å². The summed E-state index contributed by atoms with van der Waals surface area (Å²) in [6, 6.07) is 4.79. The second-order valence-electron chi connectivity index (χ2n) is 5.15. The zero-order valence-electron chi connectivity index (χ0n) is 11.5. The zero-order valence-corrected chi connectivity index (χ0v) is 13.0. The smallest absolute Gasteiger partial charge is 0.301 e. The maximum atomic E-state index is 12.4. The molecule has 0 spiro atoms. The minimum absolute atomic E-state index is 0.0566. The largest absolute Gasteiger partial charge is 0.399 e. The van der Waals surface area contributed by atoms with Crippen molar-refractivity contribution in [3.8, 4) is 0 Å². The Bertz CT molecular complexity index is 571. The Morgan fingerprint density at radius 1 is 1.30 bits per heavy atom. The number of nitrogens with one attached hydrogen (secondary N) is 1. The number of anilines is 2. The van der Waals surface area contributed by atoms with Crippen LogP contribution in [0.4, 0.5) is 11.4 Å². The van der Waals surface area contributed by atoms with E-state index in [2.05, 4.69) is 4.72 Å². The molecule has 2 rings (SSSR count). The van der Waals surface area contributed by atoms with Crippen molar-refractivity contribution in [3.63, 3.8) is 0 Å². The minimum atomic E-state index is -3.61. The third-order valence-corrected chi connectivity index (χ3v) is 5.56. The standard InChI is InChI=1S/C13H20ClN3O2S/c1-17(11-5-3-2-4-6-11)20(18,19)16-13-9-10(15)7-8-12(13)14/h7-9,11,16H,2-6,15H2,1H3. The highest BCUT2D eigenvalue weighted by atomic mass is 35.5. The molecule has 112 valence electrons. The van der Waals surface area contributed by atoms with E-state index in [-0.39, 0.29) is 6.04 Å². The van der Waals surface area contributed by atoms with Crippen LogP contribution in [0, 0.1) is 0 Å². The molecule has 7 heteroatoms. The van der Waals surface area contributed by atoms with Gasteiger partial charge in [-0.15, -0.1) is 0 Å². The van der Waals surface area contributed by atoms with Crippen molar-refractivity contribution in [2.45, 2.75) is 38.1 Å². The molecule has 0 saturated heterocycles. The monoisotopic (exact) mass is 317 g/mol. The molecule has 1 saturated carbocycles. The minimum Gasteiger partial charge on any atom is -0.399 e. The second-order valence-corrected chi connectivity index (χ2v) is 7.29. The number of hydrogen-bond donors (Lipinski definition) is 2. The summed E-state index contributed by atoms with van der Waals surface area (Å²) in [6.07, 6.45) is 5.14. The second kappa shape index (κ2) is 6.20. The first-order valence-corrected chi connectivity index (χ1v) is 8.53. The summed E-state index contributed by atoms with van der Waals surface area (Å²) in [5.41, 5.74) is 6.44. The molecule has 1 fully saturated rings. The first-order valence-electron chi connectivity index (χ1n) is 6.71. The van der Waals surface area contributed by atoms with Gasteiger partial charge < -0.3 is 5.73 Å². The van der Waals surface area contributed by atoms with Gasteiger partial charge in [-0.05, 0) is 31.0 Å². The predicted molar refractivity (Wildman–Crippen MR) is 83.0 cm³/mol. The van der Waals surface area contributed by atoms with E-state index in [4.69, 9.17) is 17.3 Å². The fraction of sp³-hybridized carbons (Fsp3) is 0.538. The van der Waals surface area contributed by atoms with Gasteiger partial charge in [-0.1, -0.05) is 30.9 Å². The molecule has 20 heavy (non-hydrogen) atoms. The summed E-state index contributed by atoms with van der Waals surface area (Å²) in [6.45, 7) is 0. The number of halogens is 1. The van der Waals surface area contributed by atoms with Crippen molar-refractivity contribution < 1.29 is 8.42 Å². The number of nitrogens with zero attached hydrogens (tertiary/aromatic N) is 1. The van der Waals surface area contributed by atoms with Gasteiger partial charge in [0.05, 0.1) is 10.7 Å². The Balaban J connectivity index is 2.15. The molecule has 1 aromatic rings. The lowest BCUT2D eigenvalue weighted by atomic mass is 9.96. The topological polar surface area (TPSA) is 75.4 Å². The SMILES string of the molecule is CN(C1CCCCC1)S(=O)(=O)Nc1cc(N)ccc1Cl. The van der Waals surface area contributed by atoms with Crippen molar-refractivity contribution in [2.24, 2.45) is 0 Å². The fourth-order valence-corrected chi connectivity index (χ4v) is 3.89. The van der Waals surface area contributed by atoms with Crippen molar-refractivity contribution in [3.05, 3.63) is 23.2 Å². The van der Waals surface area contributed by atoms with E-state index in [0.717, 1.165) is 25.7 Å². The van der Waals surface area contributed by atoms with Gasteiger partial charge in [-0.3, -0.25) is 4.72 Å². The van der Waals surface area contributed by atoms with Crippen LogP contribution in [-0.2, 0) is 10.2 Å². The summed E-state index contributed by atoms with van der Waals surface area (Å²) in [7, 11) is -2.00. The lowest BCUT2D eigenvalue weighted by Gasteiger charge is -2.30. The zero-order chi connectivity index (χ0) is 14.8. The molecule has 0 heterocycles. The first-order chi connectivity index (χ1) is 9.40. The van der Waals surface area contributed by atoms with Gasteiger partial charge in [-0.25, -0.2) is 0 Å². The molecule has 0 radical (unpaired) electrons. The molecule has 1 aromatic carbocycles. The fourth-order valence-electron chi connectivity index (χ4n) is 2.47. The summed E-state index contributed by atoms with van der Waals surface area (Å²) >= 11 is 5.99. The molecule has 0 bridgehead atoms. The van der Waals surface area contributed by atoms with Crippen LogP contribution >= 0.6 is 11.6 Å². The van der Waals surface area contributed by atoms with E-state index < -0.39 is 10.2 Å². The lowest BCUT2D eigenvalue weighted by molar-refractivity contribution is 0.287. The Labute approximate surface area is 125 Å². The molecule has 0 aromatic heterocycles. The lowest BCUT2D eigenvalue weighted by Crippen LogP contribution is -2.41. The van der Waals surface area contributed by atoms with Crippen LogP contribution in [-0.4, -0.2) is 25.8 Å². The molecular formula is C13H20ClN3O2S. The molecule has 0 unspecified atom stereocenters. The molecule has 3 N–H and O–H groups in total. The third-order valence-electron chi connectivity index (χ3n) is 3.70. The van der Waals surface area contributed by atoms with Gasteiger partial charge in [0.25, 0.3) is 0 Å². The first kappa shape index (κ1) is 15.4. The number of rotatable bonds is 4. The van der Waals surface area contributed by atoms with Crippen LogP contribution in [0.5, 0.6) is 0 Å². The van der Waals surface area contributed by atoms with Gasteiger partial charge in [-0.2, -0.15) is 12.7 Å². The maximum absolute atomic E-state index is 12.4. The molecule has 1 aliphatic carbocycles. The highest BCUT2D eigenvalue weighted by Gasteiger charge is 2.27. The van der Waals surface area contributed by atoms with Crippen LogP contribution in [0.15, 0.2) is 18.2 Å². The van der Waals surface area contributed by atoms with E-state index in [1.165, 1.54) is 16.8 Å². The van der Waals surface area contributed by atoms with Gasteiger partial charge in [0, 0.05) is 18.8 Å². The summed E-state index contributed by atoms with van der Waals surface area (Å²) < 4.78 is 28.7. The summed E-state index contributed by atoms with van der Waals surface area (Å²) in [5, 5.41) is 0.333. The van der Waals surface area contributed by atoms with Crippen LogP contribution in [0.3, 0.4) is 0 Å². The quantitative estimate of drug-likeness (QED) is 0.838. The van der Waals surface area contributed by atoms with Gasteiger partial charge in [0.2, 0.25) is 0 Å². The Morgan fingerprint density at radius 3 is 2.60 bits per heavy atom. The number of hydrogen-bond acceptors (Lipinski definition) is 3. The third kappa shape index (κ3) is 3.56. The number of benzene rings is 1. The predicted octanol–water partition coefficient (Wildman–Crippen LogP) is 2.84. The van der Waals surface area contributed by atoms with E-state index in [0.29, 0.717) is 16.4 Å². The Kier molecular flexibility index (Phi) is 4.78. The average Bonchev–Trinajstić information content (AvgIpc) is 2.43. The highest BCUT2D eigenvalue weighted by Crippen LogP contribution is 2.28. The number of nitrogens with two attached hydrogens (primary N) is 1. The highest BCUT2D eigenvalue weighted by molar-refractivity contribution is 7.90. The van der Waals surface area contributed by atoms with Crippen LogP contribution in [0.25, 0.3) is 0 Å². The molecule has 0 atom stereocenters. The van der Waals surface area contributed by atoms with Gasteiger partial charge in [0.1, 0.15) is 0 Å². The number of nitrogen functional groups attached to an aromatic ring is 1. The van der Waals surface area contributed by atoms with E-state index in [1.807, 2.05) is 0 Å². The van der Waals surface area contributed by atoms with E-state index >= 15 is 0 Å². The molecular weight excluding hydrogens is 298 g/mol. The van der Waals surface area contributed by atoms with Gasteiger partial charge >= 0.3 is 10.2 Å². The van der Waals surface area contributed by atoms with Crippen molar-refractivity contribution in [1.29, 1.82) is 0 Å². The van der Waals surface area contributed by atoms with Crippen molar-refractivity contribution >= 4 is 33.2 Å². The average molecular weight is 318 g/mol. The molecule has 5 nitrogen and oxygen atoms in total. The molecule has 1 aliphatic rings. The summed E-state index contributed by atoms with van der Waals surface area (Å²) in [4.78, 5) is 0. The van der Waals surface area contributed by atoms with Crippen LogP contribution < -0.4 is 10.5 Å². The maximum Gasteiger partial charge on any atom is 0.301 e. The molecule has 0 aliphatic heterocycles. The Morgan fingerprint density at radius 2 is 1.95 bits per heavy atom. The summed E-state index contributed by atoms with van der Waals surface area (Å²) in [5.74, 6) is 0. The van der Waals surface area contributed by atoms with E-state index in [9.17, 15) is 8.42 Å². The molecule has 0 amide bonds. The van der Waals surface area contributed by atoms with Crippen LogP contribution in [0.2, 0.25) is 5.02 Å². The Hall–Kier alpha value is -0.980. The normalized spacial score (nSPS) is 17.4. The van der Waals surface area contributed by atoms with Gasteiger partial charge in [0.15, 0.2) is 0 Å². The van der Waals surface area contributed by atoms with Crippen molar-refractivity contribution in [2.75, 3.05) is 17.5 Å². The van der Waals surface area contributed by atoms with Crippen molar-refractivity contribution in [1.82, 2.24) is 4.31 Å².